The van der Waals surface area contributed by atoms with Crippen LogP contribution in [-0.4, -0.2) is 75.8 Å². The monoisotopic (exact) mass is 563 g/mol. The largest absolute Gasteiger partial charge is 0 e. The van der Waals surface area contributed by atoms with Gasteiger partial charge in [-0.15, -0.1) is 0 Å². The van der Waals surface area contributed by atoms with Crippen LogP contribution in [0, 0.1) is 0 Å². The van der Waals surface area contributed by atoms with Crippen LogP contribution >= 0.6 is 0 Å². The van der Waals surface area contributed by atoms with Crippen LogP contribution in [0.15, 0.2) is 0 Å². The molecule has 0 rings (SSSR count). The van der Waals surface area contributed by atoms with Gasteiger partial charge in [-0.2, -0.15) is 0 Å². The van der Waals surface area contributed by atoms with Crippen molar-refractivity contribution < 1.29 is 3.10 Å². The zero-order chi connectivity index (χ0) is 2.00. The van der Waals surface area contributed by atoms with Crippen molar-refractivity contribution in [2.75, 3.05) is 0 Å². The molecule has 0 unspecified atom stereocenters. The Hall–Kier alpha value is 2.39. The van der Waals surface area contributed by atoms with Crippen molar-refractivity contribution in [3.8, 4) is 0 Å². The molecule has 1 nitrogen and oxygen atoms in total. The minimum Gasteiger partial charge on any atom is 0 e. The van der Waals surface area contributed by atoms with E-state index in [9.17, 15) is 0 Å². The van der Waals surface area contributed by atoms with Crippen molar-refractivity contribution in [1.82, 2.24) is 0 Å². The van der Waals surface area contributed by atoms with Gasteiger partial charge in [-0.25, -0.2) is 0 Å². The Morgan fingerprint density at radius 2 is 1.25 bits per heavy atom. The van der Waals surface area contributed by atoms with E-state index in [1.165, 1.54) is 0 Å². The molecule has 4 heteroatoms. The molecular weight excluding hydrogens is 560 g/mol. The molecule has 0 aromatic heterocycles. The molecule has 7 radical (unpaired) electrons. The quantitative estimate of drug-likeness (QED) is 0.339. The number of rotatable bonds is 0. The molecule has 0 bridgehead atoms. The van der Waals surface area contributed by atoms with E-state index in [1.807, 2.05) is 0 Å². The third kappa shape index (κ3) is 8.83. The fourth-order valence-electron chi connectivity index (χ4n) is 0. The molecule has 4 heavy (non-hydrogen) atoms. The number of hydrogen-bond acceptors (Lipinski definition) is 1. The van der Waals surface area contributed by atoms with E-state index in [2.05, 4.69) is 0 Å². The molecule has 0 heterocycles. The maximum atomic E-state index is 8.26. The molecule has 0 spiro atoms. The molecule has 0 amide bonds. The normalized spacial score (nSPS) is 1.00. The summed E-state index contributed by atoms with van der Waals surface area (Å²) < 4.78 is 8.26. The molecule has 0 aliphatic carbocycles. The van der Waals surface area contributed by atoms with Gasteiger partial charge in [-0.05, 0) is 0 Å². The molecule has 0 N–H and O–H groups in total. The maximum absolute atomic E-state index is 8.26. The smallest absolute Gasteiger partial charge is 0 e. The van der Waals surface area contributed by atoms with Gasteiger partial charge in [0.2, 0.25) is 0 Å². The molecule has 0 aromatic rings. The minimum absolute atomic E-state index is 0. The standard InChI is InChI=1S/Bi.OTe.Pb/c;1-2;. The topological polar surface area (TPSA) is 17.1 Å². The first-order valence-corrected chi connectivity index (χ1v) is 1.12. The van der Waals surface area contributed by atoms with Crippen molar-refractivity contribution in [2.45, 2.75) is 0 Å². The Balaban J connectivity index is -0.00000000500. The van der Waals surface area contributed by atoms with Gasteiger partial charge in [0.25, 0.3) is 0 Å². The van der Waals surface area contributed by atoms with Crippen molar-refractivity contribution in [1.29, 1.82) is 0 Å². The first-order chi connectivity index (χ1) is 1.00. The van der Waals surface area contributed by atoms with Crippen molar-refractivity contribution in [3.05, 3.63) is 0 Å². The van der Waals surface area contributed by atoms with E-state index in [1.54, 1.807) is 0 Å². The van der Waals surface area contributed by atoms with Crippen molar-refractivity contribution >= 4 is 75.8 Å². The predicted octanol–water partition coefficient (Wildman–Crippen LogP) is -1.26. The molecule has 0 fully saturated rings. The predicted molar refractivity (Wildman–Crippen MR) is 17.9 cm³/mol. The van der Waals surface area contributed by atoms with Crippen molar-refractivity contribution in [3.63, 3.8) is 0 Å². The molecular formula is BiOPbTe. The molecule has 0 saturated carbocycles. The van der Waals surface area contributed by atoms with E-state index in [0.29, 0.717) is 22.3 Å². The van der Waals surface area contributed by atoms with Crippen LogP contribution in [0.1, 0.15) is 0 Å². The third-order valence-electron chi connectivity index (χ3n) is 0. The van der Waals surface area contributed by atoms with Crippen LogP contribution in [0.5, 0.6) is 0 Å². The van der Waals surface area contributed by atoms with E-state index in [0.717, 1.165) is 0 Å². The summed E-state index contributed by atoms with van der Waals surface area (Å²) in [5.74, 6) is 0. The summed E-state index contributed by atoms with van der Waals surface area (Å²) in [6.45, 7) is 0. The van der Waals surface area contributed by atoms with E-state index < -0.39 is 0 Å². The minimum atomic E-state index is 0. The fourth-order valence-corrected chi connectivity index (χ4v) is 0. The van der Waals surface area contributed by atoms with Gasteiger partial charge in [-0.1, -0.05) is 0 Å². The molecule has 21 valence electrons. The van der Waals surface area contributed by atoms with Gasteiger partial charge < -0.3 is 0 Å². The maximum Gasteiger partial charge on any atom is 0 e. The second-order valence-electron chi connectivity index (χ2n) is 0. The molecule has 0 aromatic carbocycles. The number of hydrogen-bond donors (Lipinski definition) is 0. The average Bonchev–Trinajstić information content (AvgIpc) is 1.00. The summed E-state index contributed by atoms with van der Waals surface area (Å²) in [4.78, 5) is 0. The van der Waals surface area contributed by atoms with E-state index in [4.69, 9.17) is 3.10 Å². The molecule has 0 saturated heterocycles. The Kier molecular flexibility index (Phi) is 73.4. The van der Waals surface area contributed by atoms with Gasteiger partial charge in [-0.3, -0.25) is 0 Å². The zero-order valence-corrected chi connectivity index (χ0v) is 11.5. The van der Waals surface area contributed by atoms with Crippen LogP contribution in [0.2, 0.25) is 0 Å². The molecule has 0 aliphatic heterocycles. The van der Waals surface area contributed by atoms with Crippen LogP contribution in [0.3, 0.4) is 0 Å². The Labute approximate surface area is 77.5 Å². The van der Waals surface area contributed by atoms with Crippen LogP contribution in [-0.2, 0) is 3.10 Å². The Morgan fingerprint density at radius 1 is 1.25 bits per heavy atom. The van der Waals surface area contributed by atoms with Crippen LogP contribution in [0.4, 0.5) is 0 Å². The summed E-state index contributed by atoms with van der Waals surface area (Å²) in [5, 5.41) is 0. The summed E-state index contributed by atoms with van der Waals surface area (Å²) in [6.07, 6.45) is 0. The molecule has 0 atom stereocenters. The average molecular weight is 560 g/mol. The molecule has 0 aliphatic rings. The van der Waals surface area contributed by atoms with E-state index in [-0.39, 0.29) is 53.5 Å². The Bertz CT molecular complexity index is 8.00. The zero-order valence-electron chi connectivity index (χ0n) is 1.76. The van der Waals surface area contributed by atoms with Crippen LogP contribution < -0.4 is 0 Å². The second-order valence-corrected chi connectivity index (χ2v) is 0. The van der Waals surface area contributed by atoms with Crippen LogP contribution in [0.25, 0.3) is 0 Å². The van der Waals surface area contributed by atoms with Crippen molar-refractivity contribution in [2.24, 2.45) is 0 Å². The third-order valence-corrected chi connectivity index (χ3v) is 0. The van der Waals surface area contributed by atoms with Gasteiger partial charge >= 0.3 is 25.4 Å². The summed E-state index contributed by atoms with van der Waals surface area (Å²) >= 11 is 0.700. The Morgan fingerprint density at radius 3 is 1.25 bits per heavy atom. The summed E-state index contributed by atoms with van der Waals surface area (Å²) in [5.41, 5.74) is 0. The van der Waals surface area contributed by atoms with E-state index >= 15 is 0 Å². The second kappa shape index (κ2) is 18.2. The fraction of sp³-hybridized carbons (Fsp3) is 0. The summed E-state index contributed by atoms with van der Waals surface area (Å²) in [6, 6.07) is 0. The van der Waals surface area contributed by atoms with Gasteiger partial charge in [0.1, 0.15) is 0 Å². The van der Waals surface area contributed by atoms with Gasteiger partial charge in [0.05, 0.1) is 0 Å². The SMILES string of the molecule is O=[Te].[Bi].[Pb]. The first kappa shape index (κ1) is 16.1. The summed E-state index contributed by atoms with van der Waals surface area (Å²) in [7, 11) is 0. The van der Waals surface area contributed by atoms with Gasteiger partial charge in [0, 0.05) is 53.5 Å². The van der Waals surface area contributed by atoms with Gasteiger partial charge in [0.15, 0.2) is 0 Å². The first-order valence-electron chi connectivity index (χ1n) is 0.167.